The van der Waals surface area contributed by atoms with E-state index in [1.807, 2.05) is 25.1 Å². The van der Waals surface area contributed by atoms with E-state index < -0.39 is 29.0 Å². The standard InChI is InChI=1S/C20H26ClN3O5/c1-3-4-12-28-18(27)20(16(22)25)19(2,29-20)17(26)24-10-8-23(9-11-24)15-7-5-6-14(21)13-15/h5-7,13H,3-4,8-12H2,1-2H3,(H2,22,25). The first kappa shape index (κ1) is 21.4. The van der Waals surface area contributed by atoms with Crippen LogP contribution in [0.4, 0.5) is 5.69 Å². The van der Waals surface area contributed by atoms with Gasteiger partial charge in [-0.2, -0.15) is 0 Å². The van der Waals surface area contributed by atoms with Gasteiger partial charge in [0.25, 0.3) is 17.4 Å². The number of hydrogen-bond donors (Lipinski definition) is 1. The van der Waals surface area contributed by atoms with Crippen LogP contribution in [0.1, 0.15) is 26.7 Å². The van der Waals surface area contributed by atoms with Crippen LogP contribution in [0.3, 0.4) is 0 Å². The summed E-state index contributed by atoms with van der Waals surface area (Å²) in [6, 6.07) is 7.51. The van der Waals surface area contributed by atoms with Crippen LogP contribution in [-0.2, 0) is 23.9 Å². The first-order valence-corrected chi connectivity index (χ1v) is 10.1. The highest BCUT2D eigenvalue weighted by Crippen LogP contribution is 2.50. The van der Waals surface area contributed by atoms with Crippen molar-refractivity contribution in [3.05, 3.63) is 29.3 Å². The summed E-state index contributed by atoms with van der Waals surface area (Å²) in [5.74, 6) is -2.34. The normalized spacial score (nSPS) is 26.2. The summed E-state index contributed by atoms with van der Waals surface area (Å²) < 4.78 is 10.6. The molecule has 8 nitrogen and oxygen atoms in total. The summed E-state index contributed by atoms with van der Waals surface area (Å²) in [4.78, 5) is 41.3. The molecule has 29 heavy (non-hydrogen) atoms. The molecule has 0 bridgehead atoms. The molecule has 2 aliphatic heterocycles. The van der Waals surface area contributed by atoms with E-state index >= 15 is 0 Å². The van der Waals surface area contributed by atoms with Gasteiger partial charge in [-0.15, -0.1) is 0 Å². The summed E-state index contributed by atoms with van der Waals surface area (Å²) in [6.07, 6.45) is 1.47. The molecule has 158 valence electrons. The number of nitrogens with two attached hydrogens (primary N) is 1. The lowest BCUT2D eigenvalue weighted by Gasteiger charge is -2.37. The fourth-order valence-corrected chi connectivity index (χ4v) is 3.83. The Bertz CT molecular complexity index is 811. The molecule has 2 aliphatic rings. The molecule has 2 heterocycles. The molecule has 1 aromatic rings. The van der Waals surface area contributed by atoms with Crippen LogP contribution in [-0.4, -0.2) is 66.7 Å². The molecule has 0 aromatic heterocycles. The minimum absolute atomic E-state index is 0.149. The maximum atomic E-state index is 13.1. The van der Waals surface area contributed by atoms with E-state index in [2.05, 4.69) is 4.90 Å². The number of esters is 1. The minimum atomic E-state index is -2.05. The second kappa shape index (κ2) is 8.20. The Hall–Kier alpha value is -2.32. The van der Waals surface area contributed by atoms with Crippen LogP contribution in [0.2, 0.25) is 5.02 Å². The molecule has 1 aromatic carbocycles. The summed E-state index contributed by atoms with van der Waals surface area (Å²) in [5.41, 5.74) is 2.72. The Morgan fingerprint density at radius 1 is 1.24 bits per heavy atom. The maximum Gasteiger partial charge on any atom is 0.352 e. The van der Waals surface area contributed by atoms with Gasteiger partial charge in [-0.1, -0.05) is 31.0 Å². The van der Waals surface area contributed by atoms with Crippen LogP contribution in [0.15, 0.2) is 24.3 Å². The lowest BCUT2D eigenvalue weighted by atomic mass is 9.91. The van der Waals surface area contributed by atoms with Crippen molar-refractivity contribution < 1.29 is 23.9 Å². The van der Waals surface area contributed by atoms with Crippen LogP contribution in [0.5, 0.6) is 0 Å². The Kier molecular flexibility index (Phi) is 6.05. The topological polar surface area (TPSA) is 105 Å². The van der Waals surface area contributed by atoms with Crippen LogP contribution in [0, 0.1) is 0 Å². The van der Waals surface area contributed by atoms with E-state index in [1.165, 1.54) is 6.92 Å². The zero-order chi connectivity index (χ0) is 21.2. The van der Waals surface area contributed by atoms with Crippen molar-refractivity contribution in [1.82, 2.24) is 4.90 Å². The summed E-state index contributed by atoms with van der Waals surface area (Å²) in [5, 5.41) is 0.646. The molecule has 9 heteroatoms. The number of anilines is 1. The SMILES string of the molecule is CCCCOC(=O)C1(C(N)=O)OC1(C)C(=O)N1CCN(c2cccc(Cl)c2)CC1. The van der Waals surface area contributed by atoms with E-state index in [0.717, 1.165) is 12.1 Å². The fraction of sp³-hybridized carbons (Fsp3) is 0.550. The third kappa shape index (κ3) is 3.79. The van der Waals surface area contributed by atoms with Crippen molar-refractivity contribution in [2.24, 2.45) is 5.73 Å². The Balaban J connectivity index is 1.66. The lowest BCUT2D eigenvalue weighted by Crippen LogP contribution is -2.56. The highest BCUT2D eigenvalue weighted by molar-refractivity contribution is 6.30. The van der Waals surface area contributed by atoms with Gasteiger partial charge in [0.1, 0.15) is 0 Å². The summed E-state index contributed by atoms with van der Waals surface area (Å²) in [6.45, 7) is 5.54. The van der Waals surface area contributed by atoms with Gasteiger partial charge in [-0.25, -0.2) is 4.79 Å². The number of carbonyl (C=O) groups is 3. The number of amides is 2. The van der Waals surface area contributed by atoms with Crippen molar-refractivity contribution in [2.45, 2.75) is 37.9 Å². The second-order valence-electron chi connectivity index (χ2n) is 7.43. The molecule has 2 atom stereocenters. The van der Waals surface area contributed by atoms with Crippen molar-refractivity contribution in [3.8, 4) is 0 Å². The monoisotopic (exact) mass is 423 g/mol. The Morgan fingerprint density at radius 3 is 2.52 bits per heavy atom. The van der Waals surface area contributed by atoms with Crippen LogP contribution >= 0.6 is 11.6 Å². The first-order valence-electron chi connectivity index (χ1n) is 9.73. The van der Waals surface area contributed by atoms with Gasteiger partial charge in [0.2, 0.25) is 0 Å². The fourth-order valence-electron chi connectivity index (χ4n) is 3.65. The number of primary amides is 1. The largest absolute Gasteiger partial charge is 0.463 e. The second-order valence-corrected chi connectivity index (χ2v) is 7.87. The number of carbonyl (C=O) groups excluding carboxylic acids is 3. The zero-order valence-corrected chi connectivity index (χ0v) is 17.4. The maximum absolute atomic E-state index is 13.1. The highest BCUT2D eigenvalue weighted by Gasteiger charge is 2.82. The molecule has 0 aliphatic carbocycles. The molecule has 0 radical (unpaired) electrons. The van der Waals surface area contributed by atoms with Gasteiger partial charge in [-0.05, 0) is 31.5 Å². The zero-order valence-electron chi connectivity index (χ0n) is 16.7. The Morgan fingerprint density at radius 2 is 1.93 bits per heavy atom. The van der Waals surface area contributed by atoms with E-state index in [1.54, 1.807) is 11.0 Å². The van der Waals surface area contributed by atoms with Gasteiger partial charge in [0.05, 0.1) is 6.61 Å². The molecule has 2 fully saturated rings. The number of nitrogens with zero attached hydrogens (tertiary/aromatic N) is 2. The molecule has 3 rings (SSSR count). The number of hydrogen-bond acceptors (Lipinski definition) is 6. The van der Waals surface area contributed by atoms with Gasteiger partial charge < -0.3 is 25.0 Å². The van der Waals surface area contributed by atoms with Crippen LogP contribution in [0.25, 0.3) is 0 Å². The molecule has 0 saturated carbocycles. The number of epoxide rings is 1. The smallest absolute Gasteiger partial charge is 0.352 e. The van der Waals surface area contributed by atoms with Crippen molar-refractivity contribution in [3.63, 3.8) is 0 Å². The van der Waals surface area contributed by atoms with Crippen molar-refractivity contribution in [2.75, 3.05) is 37.7 Å². The van der Waals surface area contributed by atoms with Gasteiger partial charge in [0, 0.05) is 36.9 Å². The third-order valence-corrected chi connectivity index (χ3v) is 5.74. The average Bonchev–Trinajstić information content (AvgIpc) is 3.36. The summed E-state index contributed by atoms with van der Waals surface area (Å²) >= 11 is 6.05. The minimum Gasteiger partial charge on any atom is -0.463 e. The Labute approximate surface area is 174 Å². The van der Waals surface area contributed by atoms with E-state index in [9.17, 15) is 14.4 Å². The van der Waals surface area contributed by atoms with Gasteiger partial charge in [0.15, 0.2) is 5.60 Å². The number of unbranched alkanes of at least 4 members (excludes halogenated alkanes) is 1. The molecule has 2 saturated heterocycles. The van der Waals surface area contributed by atoms with E-state index in [0.29, 0.717) is 37.6 Å². The molecular weight excluding hydrogens is 398 g/mol. The highest BCUT2D eigenvalue weighted by atomic mass is 35.5. The number of piperazine rings is 1. The summed E-state index contributed by atoms with van der Waals surface area (Å²) in [7, 11) is 0. The number of halogens is 1. The van der Waals surface area contributed by atoms with Crippen molar-refractivity contribution in [1.29, 1.82) is 0 Å². The molecule has 2 unspecified atom stereocenters. The molecule has 0 spiro atoms. The predicted molar refractivity (Wildman–Crippen MR) is 108 cm³/mol. The molecule has 2 N–H and O–H groups in total. The third-order valence-electron chi connectivity index (χ3n) is 5.50. The first-order chi connectivity index (χ1) is 13.8. The molecular formula is C20H26ClN3O5. The quantitative estimate of drug-likeness (QED) is 0.307. The van der Waals surface area contributed by atoms with Crippen molar-refractivity contribution >= 4 is 35.1 Å². The average molecular weight is 424 g/mol. The number of ether oxygens (including phenoxy) is 2. The number of rotatable bonds is 7. The number of benzene rings is 1. The van der Waals surface area contributed by atoms with E-state index in [-0.39, 0.29) is 6.61 Å². The van der Waals surface area contributed by atoms with Gasteiger partial charge >= 0.3 is 5.97 Å². The van der Waals surface area contributed by atoms with Crippen LogP contribution < -0.4 is 10.6 Å². The van der Waals surface area contributed by atoms with Gasteiger partial charge in [-0.3, -0.25) is 9.59 Å². The molecule has 2 amide bonds. The van der Waals surface area contributed by atoms with E-state index in [4.69, 9.17) is 26.8 Å². The lowest BCUT2D eigenvalue weighted by molar-refractivity contribution is -0.154. The predicted octanol–water partition coefficient (Wildman–Crippen LogP) is 1.34.